The molecule has 0 aromatic carbocycles. The number of unbranched alkanes of at least 4 members (excludes halogenated alkanes) is 3. The van der Waals surface area contributed by atoms with Gasteiger partial charge in [-0.25, -0.2) is 8.78 Å². The molecule has 3 unspecified atom stereocenters. The van der Waals surface area contributed by atoms with Crippen LogP contribution < -0.4 is 0 Å². The smallest absolute Gasteiger partial charge is 0.132 e. The lowest BCUT2D eigenvalue weighted by Crippen LogP contribution is -2.27. The van der Waals surface area contributed by atoms with Crippen molar-refractivity contribution in [3.8, 4) is 11.8 Å². The van der Waals surface area contributed by atoms with Gasteiger partial charge in [-0.2, -0.15) is 0 Å². The van der Waals surface area contributed by atoms with Crippen molar-refractivity contribution >= 4 is 0 Å². The fourth-order valence-corrected chi connectivity index (χ4v) is 5.99. The molecule has 2 heteroatoms. The third kappa shape index (κ3) is 6.74. The number of hydrogen-bond donors (Lipinski definition) is 0. The van der Waals surface area contributed by atoms with Crippen molar-refractivity contribution in [2.45, 2.75) is 122 Å². The van der Waals surface area contributed by atoms with Crippen LogP contribution in [0.1, 0.15) is 110 Å². The quantitative estimate of drug-likeness (QED) is 0.317. The van der Waals surface area contributed by atoms with Crippen molar-refractivity contribution < 1.29 is 8.78 Å². The van der Waals surface area contributed by atoms with Crippen molar-refractivity contribution in [2.24, 2.45) is 29.6 Å². The molecule has 0 saturated heterocycles. The Labute approximate surface area is 172 Å². The van der Waals surface area contributed by atoms with Gasteiger partial charge in [0.15, 0.2) is 0 Å². The largest absolute Gasteiger partial charge is 0.244 e. The Morgan fingerprint density at radius 3 is 1.89 bits per heavy atom. The molecule has 0 spiro atoms. The second-order valence-electron chi connectivity index (χ2n) is 10.1. The van der Waals surface area contributed by atoms with E-state index in [0.29, 0.717) is 18.8 Å². The van der Waals surface area contributed by atoms with Gasteiger partial charge in [0.1, 0.15) is 12.3 Å². The first-order chi connectivity index (χ1) is 13.7. The Kier molecular flexibility index (Phi) is 9.13. The molecule has 3 saturated carbocycles. The molecule has 0 bridgehead atoms. The van der Waals surface area contributed by atoms with Gasteiger partial charge >= 0.3 is 0 Å². The van der Waals surface area contributed by atoms with Gasteiger partial charge in [0.2, 0.25) is 0 Å². The summed E-state index contributed by atoms with van der Waals surface area (Å²) in [5.41, 5.74) is 0. The van der Waals surface area contributed by atoms with E-state index in [-0.39, 0.29) is 5.92 Å². The molecule has 28 heavy (non-hydrogen) atoms. The fraction of sp³-hybridized carbons (Fsp3) is 0.923. The minimum absolute atomic E-state index is 0.0901. The number of alkyl halides is 2. The summed E-state index contributed by atoms with van der Waals surface area (Å²) >= 11 is 0. The Bertz CT molecular complexity index is 488. The fourth-order valence-electron chi connectivity index (χ4n) is 5.99. The van der Waals surface area contributed by atoms with Crippen molar-refractivity contribution in [1.82, 2.24) is 0 Å². The molecule has 160 valence electrons. The van der Waals surface area contributed by atoms with E-state index < -0.39 is 12.3 Å². The second kappa shape index (κ2) is 11.6. The van der Waals surface area contributed by atoms with Crippen LogP contribution in [-0.4, -0.2) is 12.3 Å². The van der Waals surface area contributed by atoms with Gasteiger partial charge in [-0.1, -0.05) is 63.7 Å². The minimum atomic E-state index is -1.29. The van der Waals surface area contributed by atoms with Crippen molar-refractivity contribution in [3.63, 3.8) is 0 Å². The van der Waals surface area contributed by atoms with Crippen LogP contribution in [0.4, 0.5) is 8.78 Å². The summed E-state index contributed by atoms with van der Waals surface area (Å²) in [6.45, 7) is 2.29. The monoisotopic (exact) mass is 392 g/mol. The second-order valence-corrected chi connectivity index (χ2v) is 10.1. The molecule has 3 aliphatic rings. The molecule has 0 aromatic heterocycles. The molecule has 0 aromatic rings. The summed E-state index contributed by atoms with van der Waals surface area (Å²) in [7, 11) is 0. The zero-order valence-corrected chi connectivity index (χ0v) is 18.1. The van der Waals surface area contributed by atoms with Crippen molar-refractivity contribution in [3.05, 3.63) is 0 Å². The zero-order chi connectivity index (χ0) is 19.8. The Hall–Kier alpha value is -0.580. The van der Waals surface area contributed by atoms with E-state index in [4.69, 9.17) is 0 Å². The predicted octanol–water partition coefficient (Wildman–Crippen LogP) is 8.05. The van der Waals surface area contributed by atoms with Crippen molar-refractivity contribution in [1.29, 1.82) is 0 Å². The van der Waals surface area contributed by atoms with Gasteiger partial charge in [0.05, 0.1) is 0 Å². The van der Waals surface area contributed by atoms with Crippen LogP contribution in [-0.2, 0) is 0 Å². The number of hydrogen-bond acceptors (Lipinski definition) is 0. The normalized spacial score (nSPS) is 39.2. The van der Waals surface area contributed by atoms with E-state index in [0.717, 1.165) is 24.2 Å². The average Bonchev–Trinajstić information content (AvgIpc) is 2.73. The van der Waals surface area contributed by atoms with E-state index in [1.165, 1.54) is 83.5 Å². The van der Waals surface area contributed by atoms with Gasteiger partial charge < -0.3 is 0 Å². The standard InChI is InChI=1S/C26H42F2/c1-2-3-4-5-6-20-9-14-23(15-10-20)24-16-11-21(12-17-24)7-8-22-13-18-25(27)26(28)19-22/h20-26H,2-6,9-19H2,1H3. The maximum atomic E-state index is 13.5. The molecule has 0 aliphatic heterocycles. The Balaban J connectivity index is 1.32. The lowest BCUT2D eigenvalue weighted by Gasteiger charge is -2.37. The molecule has 0 radical (unpaired) electrons. The van der Waals surface area contributed by atoms with Crippen LogP contribution in [0.15, 0.2) is 0 Å². The maximum Gasteiger partial charge on any atom is 0.132 e. The first kappa shape index (κ1) is 22.1. The summed E-state index contributed by atoms with van der Waals surface area (Å²) in [5.74, 6) is 10.3. The molecule has 0 N–H and O–H groups in total. The highest BCUT2D eigenvalue weighted by atomic mass is 19.2. The first-order valence-corrected chi connectivity index (χ1v) is 12.4. The zero-order valence-electron chi connectivity index (χ0n) is 18.1. The lowest BCUT2D eigenvalue weighted by molar-refractivity contribution is 0.104. The van der Waals surface area contributed by atoms with E-state index in [2.05, 4.69) is 18.8 Å². The van der Waals surface area contributed by atoms with E-state index in [1.807, 2.05) is 0 Å². The number of rotatable bonds is 6. The average molecular weight is 393 g/mol. The number of halogens is 2. The Morgan fingerprint density at radius 2 is 1.25 bits per heavy atom. The summed E-state index contributed by atoms with van der Waals surface area (Å²) in [4.78, 5) is 0. The highest BCUT2D eigenvalue weighted by Crippen LogP contribution is 2.42. The minimum Gasteiger partial charge on any atom is -0.244 e. The summed E-state index contributed by atoms with van der Waals surface area (Å²) in [5, 5.41) is 0. The van der Waals surface area contributed by atoms with Crippen LogP contribution in [0.5, 0.6) is 0 Å². The molecule has 0 amide bonds. The van der Waals surface area contributed by atoms with Crippen LogP contribution in [0.2, 0.25) is 0 Å². The molecule has 3 atom stereocenters. The molecule has 0 heterocycles. The molecular weight excluding hydrogens is 350 g/mol. The van der Waals surface area contributed by atoms with Crippen LogP contribution in [0.3, 0.4) is 0 Å². The van der Waals surface area contributed by atoms with Crippen LogP contribution >= 0.6 is 0 Å². The third-order valence-electron chi connectivity index (χ3n) is 7.98. The SMILES string of the molecule is CCCCCCC1CCC(C2CCC(C#CC3CCC(F)C(F)C3)CC2)CC1. The van der Waals surface area contributed by atoms with E-state index in [9.17, 15) is 8.78 Å². The van der Waals surface area contributed by atoms with Gasteiger partial charge in [-0.3, -0.25) is 0 Å². The summed E-state index contributed by atoms with van der Waals surface area (Å²) in [6, 6.07) is 0. The van der Waals surface area contributed by atoms with Crippen molar-refractivity contribution in [2.75, 3.05) is 0 Å². The molecule has 3 rings (SSSR count). The van der Waals surface area contributed by atoms with Crippen LogP contribution in [0, 0.1) is 41.4 Å². The van der Waals surface area contributed by atoms with Gasteiger partial charge in [0, 0.05) is 11.8 Å². The third-order valence-corrected chi connectivity index (χ3v) is 7.98. The van der Waals surface area contributed by atoms with Gasteiger partial charge in [-0.05, 0) is 75.5 Å². The summed E-state index contributed by atoms with van der Waals surface area (Å²) in [6.07, 6.45) is 17.0. The maximum absolute atomic E-state index is 13.5. The summed E-state index contributed by atoms with van der Waals surface area (Å²) < 4.78 is 26.8. The Morgan fingerprint density at radius 1 is 0.643 bits per heavy atom. The van der Waals surface area contributed by atoms with E-state index in [1.54, 1.807) is 0 Å². The highest BCUT2D eigenvalue weighted by molar-refractivity contribution is 5.10. The van der Waals surface area contributed by atoms with Gasteiger partial charge in [0.25, 0.3) is 0 Å². The predicted molar refractivity (Wildman–Crippen MR) is 115 cm³/mol. The molecule has 3 fully saturated rings. The van der Waals surface area contributed by atoms with E-state index >= 15 is 0 Å². The topological polar surface area (TPSA) is 0 Å². The highest BCUT2D eigenvalue weighted by Gasteiger charge is 2.31. The lowest BCUT2D eigenvalue weighted by atomic mass is 9.68. The molecule has 3 aliphatic carbocycles. The first-order valence-electron chi connectivity index (χ1n) is 12.4. The van der Waals surface area contributed by atoms with Crippen LogP contribution in [0.25, 0.3) is 0 Å². The molecule has 0 nitrogen and oxygen atoms in total. The van der Waals surface area contributed by atoms with Gasteiger partial charge in [-0.15, -0.1) is 0 Å². The molecular formula is C26H42F2.